The molecule has 2 aromatic heterocycles. The standard InChI is InChI=1S/C16H21ClFN3O3Si/c1-23-16(22)13-8-14(11-7-15(17)19-9-12(11)18)21(20-13)10-24-5-6-25(2,3)4/h7-9H,5-6,10H2,1-4H3. The Morgan fingerprint density at radius 1 is 1.36 bits per heavy atom. The summed E-state index contributed by atoms with van der Waals surface area (Å²) in [4.78, 5) is 15.5. The maximum Gasteiger partial charge on any atom is 0.358 e. The second kappa shape index (κ2) is 8.07. The number of esters is 1. The Balaban J connectivity index is 2.29. The summed E-state index contributed by atoms with van der Waals surface area (Å²) in [6.45, 7) is 7.41. The van der Waals surface area contributed by atoms with Gasteiger partial charge in [-0.1, -0.05) is 31.2 Å². The third kappa shape index (κ3) is 5.35. The van der Waals surface area contributed by atoms with E-state index in [1.54, 1.807) is 0 Å². The van der Waals surface area contributed by atoms with E-state index in [0.717, 1.165) is 12.2 Å². The van der Waals surface area contributed by atoms with Crippen LogP contribution in [0.3, 0.4) is 0 Å². The quantitative estimate of drug-likeness (QED) is 0.313. The summed E-state index contributed by atoms with van der Waals surface area (Å²) < 4.78 is 25.9. The van der Waals surface area contributed by atoms with E-state index in [1.165, 1.54) is 23.9 Å². The average molecular weight is 386 g/mol. The Kier molecular flexibility index (Phi) is 6.31. The summed E-state index contributed by atoms with van der Waals surface area (Å²) in [5, 5.41) is 4.30. The first kappa shape index (κ1) is 19.6. The van der Waals surface area contributed by atoms with E-state index in [9.17, 15) is 9.18 Å². The number of rotatable bonds is 7. The van der Waals surface area contributed by atoms with Crippen LogP contribution in [0.2, 0.25) is 30.8 Å². The minimum absolute atomic E-state index is 0.0682. The highest BCUT2D eigenvalue weighted by molar-refractivity contribution is 6.76. The Labute approximate surface area is 151 Å². The van der Waals surface area contributed by atoms with E-state index < -0.39 is 19.9 Å². The van der Waals surface area contributed by atoms with E-state index in [1.807, 2.05) is 0 Å². The van der Waals surface area contributed by atoms with Crippen molar-refractivity contribution in [2.45, 2.75) is 32.4 Å². The molecule has 0 aliphatic carbocycles. The molecule has 0 saturated carbocycles. The van der Waals surface area contributed by atoms with Crippen LogP contribution in [0.5, 0.6) is 0 Å². The van der Waals surface area contributed by atoms with E-state index in [4.69, 9.17) is 16.3 Å². The number of halogens is 2. The molecule has 0 saturated heterocycles. The first-order valence-electron chi connectivity index (χ1n) is 7.76. The Morgan fingerprint density at radius 3 is 2.72 bits per heavy atom. The molecule has 6 nitrogen and oxygen atoms in total. The molecule has 0 bridgehead atoms. The average Bonchev–Trinajstić information content (AvgIpc) is 2.96. The molecule has 0 atom stereocenters. The van der Waals surface area contributed by atoms with Crippen LogP contribution < -0.4 is 0 Å². The lowest BCUT2D eigenvalue weighted by Gasteiger charge is -2.16. The van der Waals surface area contributed by atoms with Crippen molar-refractivity contribution in [2.75, 3.05) is 13.7 Å². The van der Waals surface area contributed by atoms with Gasteiger partial charge in [-0.3, -0.25) is 0 Å². The summed E-state index contributed by atoms with van der Waals surface area (Å²) in [6, 6.07) is 3.82. The van der Waals surface area contributed by atoms with E-state index in [-0.39, 0.29) is 23.1 Å². The number of pyridine rings is 1. The first-order chi connectivity index (χ1) is 11.7. The summed E-state index contributed by atoms with van der Waals surface area (Å²) in [6.07, 6.45) is 1.03. The van der Waals surface area contributed by atoms with Crippen molar-refractivity contribution in [3.63, 3.8) is 0 Å². The number of nitrogens with zero attached hydrogens (tertiary/aromatic N) is 3. The summed E-state index contributed by atoms with van der Waals surface area (Å²) in [7, 11) is 0.0370. The molecule has 0 fully saturated rings. The molecule has 2 aromatic rings. The number of aromatic nitrogens is 3. The van der Waals surface area contributed by atoms with Gasteiger partial charge in [-0.2, -0.15) is 5.10 Å². The van der Waals surface area contributed by atoms with Crippen LogP contribution in [0.25, 0.3) is 11.3 Å². The van der Waals surface area contributed by atoms with Gasteiger partial charge in [0.1, 0.15) is 11.9 Å². The number of carbonyl (C=O) groups excluding carboxylic acids is 1. The maximum atomic E-state index is 14.2. The maximum absolute atomic E-state index is 14.2. The minimum atomic E-state index is -1.22. The molecule has 25 heavy (non-hydrogen) atoms. The smallest absolute Gasteiger partial charge is 0.358 e. The zero-order valence-corrected chi connectivity index (χ0v) is 16.4. The van der Waals surface area contributed by atoms with Crippen molar-refractivity contribution in [3.05, 3.63) is 35.0 Å². The molecule has 0 aliphatic heterocycles. The van der Waals surface area contributed by atoms with Crippen LogP contribution in [0.15, 0.2) is 18.3 Å². The lowest BCUT2D eigenvalue weighted by atomic mass is 10.2. The fourth-order valence-electron chi connectivity index (χ4n) is 2.08. The van der Waals surface area contributed by atoms with Gasteiger partial charge in [0, 0.05) is 20.2 Å². The highest BCUT2D eigenvalue weighted by Gasteiger charge is 2.19. The summed E-state index contributed by atoms with van der Waals surface area (Å²) in [5.41, 5.74) is 0.630. The zero-order valence-electron chi connectivity index (χ0n) is 14.7. The van der Waals surface area contributed by atoms with Gasteiger partial charge in [0.2, 0.25) is 0 Å². The van der Waals surface area contributed by atoms with Gasteiger partial charge >= 0.3 is 5.97 Å². The zero-order chi connectivity index (χ0) is 18.6. The van der Waals surface area contributed by atoms with E-state index in [2.05, 4.69) is 34.5 Å². The number of hydrogen-bond acceptors (Lipinski definition) is 5. The number of ether oxygens (including phenoxy) is 2. The van der Waals surface area contributed by atoms with Crippen molar-refractivity contribution >= 4 is 25.6 Å². The van der Waals surface area contributed by atoms with Gasteiger partial charge in [0.05, 0.1) is 19.0 Å². The lowest BCUT2D eigenvalue weighted by Crippen LogP contribution is -2.22. The molecular formula is C16H21ClFN3O3Si. The van der Waals surface area contributed by atoms with Crippen LogP contribution in [0, 0.1) is 5.82 Å². The van der Waals surface area contributed by atoms with Gasteiger partial charge in [0.25, 0.3) is 0 Å². The van der Waals surface area contributed by atoms with Crippen LogP contribution in [-0.4, -0.2) is 42.5 Å². The molecule has 0 N–H and O–H groups in total. The Morgan fingerprint density at radius 2 is 2.08 bits per heavy atom. The monoisotopic (exact) mass is 385 g/mol. The lowest BCUT2D eigenvalue weighted by molar-refractivity contribution is 0.0583. The fraction of sp³-hybridized carbons (Fsp3) is 0.438. The predicted molar refractivity (Wildman–Crippen MR) is 95.9 cm³/mol. The van der Waals surface area contributed by atoms with E-state index >= 15 is 0 Å². The molecule has 0 amide bonds. The summed E-state index contributed by atoms with van der Waals surface area (Å²) >= 11 is 5.87. The van der Waals surface area contributed by atoms with Crippen LogP contribution in [0.4, 0.5) is 4.39 Å². The predicted octanol–water partition coefficient (Wildman–Crippen LogP) is 3.84. The van der Waals surface area contributed by atoms with Crippen LogP contribution in [0.1, 0.15) is 10.5 Å². The van der Waals surface area contributed by atoms with Crippen LogP contribution in [-0.2, 0) is 16.2 Å². The van der Waals surface area contributed by atoms with Gasteiger partial charge < -0.3 is 9.47 Å². The number of carbonyl (C=O) groups is 1. The van der Waals surface area contributed by atoms with Gasteiger partial charge in [-0.05, 0) is 18.2 Å². The molecule has 0 aliphatic rings. The molecule has 2 heterocycles. The second-order valence-electron chi connectivity index (χ2n) is 6.74. The first-order valence-corrected chi connectivity index (χ1v) is 11.8. The Bertz CT molecular complexity index is 762. The van der Waals surface area contributed by atoms with Gasteiger partial charge in [-0.25, -0.2) is 18.9 Å². The van der Waals surface area contributed by atoms with Crippen molar-refractivity contribution in [1.82, 2.24) is 14.8 Å². The molecule has 2 rings (SSSR count). The molecule has 136 valence electrons. The molecule has 0 spiro atoms. The van der Waals surface area contributed by atoms with Gasteiger partial charge in [0.15, 0.2) is 11.5 Å². The minimum Gasteiger partial charge on any atom is -0.464 e. The van der Waals surface area contributed by atoms with Crippen LogP contribution >= 0.6 is 11.6 Å². The number of methoxy groups -OCH3 is 1. The highest BCUT2D eigenvalue weighted by Crippen LogP contribution is 2.26. The Hall–Kier alpha value is -1.77. The highest BCUT2D eigenvalue weighted by atomic mass is 35.5. The topological polar surface area (TPSA) is 66.2 Å². The number of hydrogen-bond donors (Lipinski definition) is 0. The largest absolute Gasteiger partial charge is 0.464 e. The normalized spacial score (nSPS) is 11.6. The molecule has 0 unspecified atom stereocenters. The third-order valence-electron chi connectivity index (χ3n) is 3.48. The van der Waals surface area contributed by atoms with Crippen molar-refractivity contribution in [1.29, 1.82) is 0 Å². The van der Waals surface area contributed by atoms with E-state index in [0.29, 0.717) is 12.3 Å². The SMILES string of the molecule is COC(=O)c1cc(-c2cc(Cl)ncc2F)n(COCC[Si](C)(C)C)n1. The van der Waals surface area contributed by atoms with Crippen molar-refractivity contribution < 1.29 is 18.7 Å². The molecule has 0 radical (unpaired) electrons. The third-order valence-corrected chi connectivity index (χ3v) is 5.39. The van der Waals surface area contributed by atoms with Gasteiger partial charge in [-0.15, -0.1) is 0 Å². The summed E-state index contributed by atoms with van der Waals surface area (Å²) in [5.74, 6) is -1.17. The second-order valence-corrected chi connectivity index (χ2v) is 12.7. The molecular weight excluding hydrogens is 365 g/mol. The van der Waals surface area contributed by atoms with Crippen molar-refractivity contribution in [3.8, 4) is 11.3 Å². The molecule has 0 aromatic carbocycles. The fourth-order valence-corrected chi connectivity index (χ4v) is 2.99. The molecule has 9 heteroatoms. The van der Waals surface area contributed by atoms with Crippen molar-refractivity contribution in [2.24, 2.45) is 0 Å².